The zero-order valence-electron chi connectivity index (χ0n) is 14.2. The highest BCUT2D eigenvalue weighted by Crippen LogP contribution is 2.20. The highest BCUT2D eigenvalue weighted by Gasteiger charge is 2.33. The number of thiophene rings is 1. The third-order valence-electron chi connectivity index (χ3n) is 4.60. The van der Waals surface area contributed by atoms with Gasteiger partial charge >= 0.3 is 0 Å². The van der Waals surface area contributed by atoms with Gasteiger partial charge in [-0.05, 0) is 37.4 Å². The van der Waals surface area contributed by atoms with Gasteiger partial charge in [0.05, 0.1) is 24.1 Å². The molecule has 2 atom stereocenters. The second kappa shape index (κ2) is 7.92. The molecule has 0 aliphatic carbocycles. The third kappa shape index (κ3) is 4.04. The summed E-state index contributed by atoms with van der Waals surface area (Å²) in [7, 11) is 0. The Balaban J connectivity index is 1.74. The topological polar surface area (TPSA) is 42.8 Å². The number of morpholine rings is 1. The fourth-order valence-corrected chi connectivity index (χ4v) is 4.28. The molecule has 1 aromatic heterocycles. The van der Waals surface area contributed by atoms with Crippen molar-refractivity contribution in [3.8, 4) is 0 Å². The first-order valence-electron chi connectivity index (χ1n) is 8.48. The zero-order valence-corrected chi connectivity index (χ0v) is 15.1. The number of carbonyl (C=O) groups is 1. The number of rotatable bonds is 5. The highest BCUT2D eigenvalue weighted by molar-refractivity contribution is 7.10. The molecule has 2 heterocycles. The monoisotopic (exact) mass is 345 g/mol. The van der Waals surface area contributed by atoms with Gasteiger partial charge in [0.2, 0.25) is 0 Å². The lowest BCUT2D eigenvalue weighted by atomic mass is 10.0. The van der Waals surface area contributed by atoms with Gasteiger partial charge in [-0.2, -0.15) is 0 Å². The summed E-state index contributed by atoms with van der Waals surface area (Å²) in [5.41, 5.74) is 1.88. The van der Waals surface area contributed by atoms with Crippen LogP contribution in [0.15, 0.2) is 41.8 Å². The minimum Gasteiger partial charge on any atom is -0.370 e. The fraction of sp³-hybridized carbons (Fsp3) is 0.421. The van der Waals surface area contributed by atoms with E-state index in [0.717, 1.165) is 31.9 Å². The van der Waals surface area contributed by atoms with E-state index >= 15 is 0 Å². The fourth-order valence-electron chi connectivity index (χ4n) is 3.29. The van der Waals surface area contributed by atoms with E-state index in [-0.39, 0.29) is 18.0 Å². The lowest BCUT2D eigenvalue weighted by Crippen LogP contribution is -3.15. The largest absolute Gasteiger partial charge is 0.370 e. The number of benzene rings is 1. The average Bonchev–Trinajstić information content (AvgIpc) is 3.10. The number of nitrogens with one attached hydrogen (secondary N) is 2. The van der Waals surface area contributed by atoms with Gasteiger partial charge in [-0.15, -0.1) is 11.3 Å². The van der Waals surface area contributed by atoms with Crippen molar-refractivity contribution in [2.75, 3.05) is 26.3 Å². The molecule has 24 heavy (non-hydrogen) atoms. The molecule has 3 rings (SSSR count). The van der Waals surface area contributed by atoms with Crippen LogP contribution in [-0.2, 0) is 4.74 Å². The van der Waals surface area contributed by atoms with E-state index in [1.807, 2.05) is 31.2 Å². The van der Waals surface area contributed by atoms with E-state index in [2.05, 4.69) is 29.8 Å². The minimum absolute atomic E-state index is 0.00304. The molecule has 0 bridgehead atoms. The average molecular weight is 345 g/mol. The molecule has 0 unspecified atom stereocenters. The van der Waals surface area contributed by atoms with Crippen LogP contribution in [0.4, 0.5) is 0 Å². The minimum atomic E-state index is -0.00304. The second-order valence-electron chi connectivity index (χ2n) is 6.39. The number of aryl methyl sites for hydroxylation is 1. The second-order valence-corrected chi connectivity index (χ2v) is 7.37. The van der Waals surface area contributed by atoms with Crippen LogP contribution in [0.1, 0.15) is 33.8 Å². The van der Waals surface area contributed by atoms with Crippen molar-refractivity contribution in [3.05, 3.63) is 57.8 Å². The van der Waals surface area contributed by atoms with Gasteiger partial charge in [-0.1, -0.05) is 23.8 Å². The molecule has 1 amide bonds. The van der Waals surface area contributed by atoms with Crippen molar-refractivity contribution >= 4 is 17.2 Å². The van der Waals surface area contributed by atoms with Crippen LogP contribution in [0, 0.1) is 6.92 Å². The molecule has 5 heteroatoms. The van der Waals surface area contributed by atoms with E-state index < -0.39 is 0 Å². The first kappa shape index (κ1) is 17.1. The smallest absolute Gasteiger partial charge is 0.251 e. The van der Waals surface area contributed by atoms with Gasteiger partial charge < -0.3 is 15.0 Å². The van der Waals surface area contributed by atoms with Crippen LogP contribution in [-0.4, -0.2) is 38.3 Å². The number of ether oxygens (including phenoxy) is 1. The first-order chi connectivity index (χ1) is 11.6. The summed E-state index contributed by atoms with van der Waals surface area (Å²) in [5, 5.41) is 5.32. The molecule has 0 spiro atoms. The van der Waals surface area contributed by atoms with Crippen molar-refractivity contribution in [1.29, 1.82) is 0 Å². The molecule has 1 aliphatic heterocycles. The van der Waals surface area contributed by atoms with Crippen molar-refractivity contribution in [1.82, 2.24) is 5.32 Å². The van der Waals surface area contributed by atoms with Crippen LogP contribution in [0.5, 0.6) is 0 Å². The Morgan fingerprint density at radius 3 is 2.54 bits per heavy atom. The van der Waals surface area contributed by atoms with Gasteiger partial charge in [-0.3, -0.25) is 4.79 Å². The maximum Gasteiger partial charge on any atom is 0.251 e. The SMILES string of the molecule is Cc1ccc(C(=O)N[C@H](C)[C@H](c2cccs2)[NH+]2CCOCC2)cc1. The van der Waals surface area contributed by atoms with Crippen molar-refractivity contribution in [2.24, 2.45) is 0 Å². The van der Waals surface area contributed by atoms with Crippen molar-refractivity contribution < 1.29 is 14.4 Å². The van der Waals surface area contributed by atoms with E-state index in [1.165, 1.54) is 9.78 Å². The Bertz CT molecular complexity index is 649. The van der Waals surface area contributed by atoms with E-state index in [0.29, 0.717) is 5.56 Å². The molecular formula is C19H25N2O2S+. The maximum absolute atomic E-state index is 12.6. The van der Waals surface area contributed by atoms with Crippen molar-refractivity contribution in [2.45, 2.75) is 25.9 Å². The van der Waals surface area contributed by atoms with Gasteiger partial charge in [0.1, 0.15) is 19.1 Å². The molecule has 4 nitrogen and oxygen atoms in total. The number of quaternary nitrogens is 1. The van der Waals surface area contributed by atoms with Crippen LogP contribution in [0.25, 0.3) is 0 Å². The number of hydrogen-bond donors (Lipinski definition) is 2. The lowest BCUT2D eigenvalue weighted by Gasteiger charge is -2.34. The standard InChI is InChI=1S/C19H24N2O2S/c1-14-5-7-16(8-6-14)19(22)20-15(2)18(17-4-3-13-24-17)21-9-11-23-12-10-21/h3-8,13,15,18H,9-12H2,1-2H3,(H,20,22)/p+1/t15-,18-/m1/s1. The van der Waals surface area contributed by atoms with Crippen LogP contribution in [0.3, 0.4) is 0 Å². The number of carbonyl (C=O) groups excluding carboxylic acids is 1. The molecule has 1 aromatic carbocycles. The molecular weight excluding hydrogens is 320 g/mol. The predicted molar refractivity (Wildman–Crippen MR) is 96.7 cm³/mol. The Morgan fingerprint density at radius 2 is 1.92 bits per heavy atom. The normalized spacial score (nSPS) is 18.1. The molecule has 128 valence electrons. The van der Waals surface area contributed by atoms with Crippen molar-refractivity contribution in [3.63, 3.8) is 0 Å². The molecule has 2 N–H and O–H groups in total. The van der Waals surface area contributed by atoms with Crippen LogP contribution >= 0.6 is 11.3 Å². The summed E-state index contributed by atoms with van der Waals surface area (Å²) in [6.07, 6.45) is 0. The summed E-state index contributed by atoms with van der Waals surface area (Å²) < 4.78 is 5.50. The number of hydrogen-bond acceptors (Lipinski definition) is 3. The summed E-state index contributed by atoms with van der Waals surface area (Å²) in [4.78, 5) is 15.4. The molecule has 1 fully saturated rings. The van der Waals surface area contributed by atoms with E-state index in [9.17, 15) is 4.79 Å². The third-order valence-corrected chi connectivity index (χ3v) is 5.55. The Morgan fingerprint density at radius 1 is 1.21 bits per heavy atom. The first-order valence-corrected chi connectivity index (χ1v) is 9.36. The Hall–Kier alpha value is -1.69. The van der Waals surface area contributed by atoms with E-state index in [1.54, 1.807) is 11.3 Å². The van der Waals surface area contributed by atoms with Gasteiger partial charge in [0, 0.05) is 5.56 Å². The summed E-state index contributed by atoms with van der Waals surface area (Å²) in [6, 6.07) is 12.3. The lowest BCUT2D eigenvalue weighted by molar-refractivity contribution is -0.939. The summed E-state index contributed by atoms with van der Waals surface area (Å²) in [5.74, 6) is -0.00304. The van der Waals surface area contributed by atoms with Crippen LogP contribution in [0.2, 0.25) is 0 Å². The molecule has 1 saturated heterocycles. The Labute approximate surface area is 147 Å². The zero-order chi connectivity index (χ0) is 16.9. The summed E-state index contributed by atoms with van der Waals surface area (Å²) in [6.45, 7) is 7.67. The Kier molecular flexibility index (Phi) is 5.66. The molecule has 2 aromatic rings. The predicted octanol–water partition coefficient (Wildman–Crippen LogP) is 1.83. The van der Waals surface area contributed by atoms with Gasteiger partial charge in [0.15, 0.2) is 0 Å². The molecule has 0 radical (unpaired) electrons. The highest BCUT2D eigenvalue weighted by atomic mass is 32.1. The van der Waals surface area contributed by atoms with Gasteiger partial charge in [-0.25, -0.2) is 0 Å². The van der Waals surface area contributed by atoms with Crippen LogP contribution < -0.4 is 10.2 Å². The van der Waals surface area contributed by atoms with E-state index in [4.69, 9.17) is 4.74 Å². The van der Waals surface area contributed by atoms with Gasteiger partial charge in [0.25, 0.3) is 5.91 Å². The molecule has 0 saturated carbocycles. The number of amides is 1. The summed E-state index contributed by atoms with van der Waals surface area (Å²) >= 11 is 1.76. The molecule has 1 aliphatic rings. The quantitative estimate of drug-likeness (QED) is 0.868. The maximum atomic E-state index is 12.6.